The molecule has 0 fully saturated rings. The molecule has 0 amide bonds. The molecule has 3 aromatic rings. The minimum Gasteiger partial charge on any atom is -0.395 e. The molecule has 0 aliphatic carbocycles. The van der Waals surface area contributed by atoms with Gasteiger partial charge in [0.2, 0.25) is 0 Å². The van der Waals surface area contributed by atoms with Gasteiger partial charge < -0.3 is 11.1 Å². The standard InChI is InChI=1S/C15H13ClN4/c16-15-13(17)14(11-5-1-2-6-12(11)20-15)19-9-10-4-3-7-18-8-10/h1-8H,9,17H2,(H,19,20). The van der Waals surface area contributed by atoms with E-state index in [1.165, 1.54) is 0 Å². The van der Waals surface area contributed by atoms with Crippen LogP contribution >= 0.6 is 11.6 Å². The summed E-state index contributed by atoms with van der Waals surface area (Å²) in [5.41, 5.74) is 9.21. The number of nitrogens with one attached hydrogen (secondary N) is 1. The van der Waals surface area contributed by atoms with Crippen molar-refractivity contribution in [3.05, 3.63) is 59.5 Å². The largest absolute Gasteiger partial charge is 0.395 e. The Labute approximate surface area is 121 Å². The summed E-state index contributed by atoms with van der Waals surface area (Å²) in [6.07, 6.45) is 3.56. The number of nitrogen functional groups attached to an aromatic ring is 1. The van der Waals surface area contributed by atoms with Crippen molar-refractivity contribution in [2.75, 3.05) is 11.1 Å². The lowest BCUT2D eigenvalue weighted by atomic mass is 10.1. The molecule has 3 rings (SSSR count). The number of anilines is 2. The van der Waals surface area contributed by atoms with Crippen molar-refractivity contribution >= 4 is 33.9 Å². The van der Waals surface area contributed by atoms with Gasteiger partial charge in [0.25, 0.3) is 0 Å². The number of nitrogens with zero attached hydrogens (tertiary/aromatic N) is 2. The van der Waals surface area contributed by atoms with E-state index < -0.39 is 0 Å². The van der Waals surface area contributed by atoms with E-state index in [1.807, 2.05) is 42.6 Å². The molecule has 1 aromatic carbocycles. The second-order valence-corrected chi connectivity index (χ2v) is 4.78. The zero-order valence-electron chi connectivity index (χ0n) is 10.7. The van der Waals surface area contributed by atoms with Gasteiger partial charge in [-0.2, -0.15) is 0 Å². The van der Waals surface area contributed by atoms with Crippen LogP contribution in [0.25, 0.3) is 10.9 Å². The van der Waals surface area contributed by atoms with Crippen LogP contribution in [0.15, 0.2) is 48.8 Å². The van der Waals surface area contributed by atoms with Gasteiger partial charge in [-0.05, 0) is 17.7 Å². The first kappa shape index (κ1) is 12.7. The molecule has 4 nitrogen and oxygen atoms in total. The summed E-state index contributed by atoms with van der Waals surface area (Å²) in [4.78, 5) is 8.37. The van der Waals surface area contributed by atoms with E-state index in [1.54, 1.807) is 6.20 Å². The minimum atomic E-state index is 0.317. The van der Waals surface area contributed by atoms with Crippen LogP contribution in [0.2, 0.25) is 5.15 Å². The van der Waals surface area contributed by atoms with Crippen LogP contribution in [-0.2, 0) is 6.54 Å². The number of pyridine rings is 2. The highest BCUT2D eigenvalue weighted by Gasteiger charge is 2.10. The number of halogens is 1. The van der Waals surface area contributed by atoms with Gasteiger partial charge in [-0.15, -0.1) is 0 Å². The molecule has 5 heteroatoms. The Morgan fingerprint density at radius 2 is 2.00 bits per heavy atom. The summed E-state index contributed by atoms with van der Waals surface area (Å²) in [5.74, 6) is 0. The fourth-order valence-electron chi connectivity index (χ4n) is 2.08. The van der Waals surface area contributed by atoms with Crippen LogP contribution in [0.4, 0.5) is 11.4 Å². The summed E-state index contributed by atoms with van der Waals surface area (Å²) < 4.78 is 0. The highest BCUT2D eigenvalue weighted by molar-refractivity contribution is 6.33. The van der Waals surface area contributed by atoms with Gasteiger partial charge in [0, 0.05) is 24.3 Å². The molecule has 0 saturated heterocycles. The van der Waals surface area contributed by atoms with Crippen LogP contribution in [0, 0.1) is 0 Å². The molecule has 2 heterocycles. The third-order valence-corrected chi connectivity index (χ3v) is 3.36. The third kappa shape index (κ3) is 2.38. The molecule has 0 aliphatic heterocycles. The van der Waals surface area contributed by atoms with E-state index in [9.17, 15) is 0 Å². The molecular weight excluding hydrogens is 272 g/mol. The maximum absolute atomic E-state index is 6.09. The summed E-state index contributed by atoms with van der Waals surface area (Å²) in [6.45, 7) is 0.627. The first-order valence-corrected chi connectivity index (χ1v) is 6.60. The van der Waals surface area contributed by atoms with E-state index in [0.717, 1.165) is 22.2 Å². The van der Waals surface area contributed by atoms with Crippen molar-refractivity contribution in [2.45, 2.75) is 6.54 Å². The fraction of sp³-hybridized carbons (Fsp3) is 0.0667. The lowest BCUT2D eigenvalue weighted by molar-refractivity contribution is 1.12. The number of rotatable bonds is 3. The number of fused-ring (bicyclic) bond motifs is 1. The average molecular weight is 285 g/mol. The summed E-state index contributed by atoms with van der Waals surface area (Å²) in [7, 11) is 0. The number of benzene rings is 1. The number of aromatic nitrogens is 2. The van der Waals surface area contributed by atoms with Crippen molar-refractivity contribution in [1.82, 2.24) is 9.97 Å². The van der Waals surface area contributed by atoms with E-state index in [2.05, 4.69) is 15.3 Å². The molecule has 3 N–H and O–H groups in total. The van der Waals surface area contributed by atoms with Crippen LogP contribution in [0.3, 0.4) is 0 Å². The van der Waals surface area contributed by atoms with E-state index >= 15 is 0 Å². The molecule has 0 bridgehead atoms. The lowest BCUT2D eigenvalue weighted by Gasteiger charge is -2.13. The smallest absolute Gasteiger partial charge is 0.154 e. The van der Waals surface area contributed by atoms with Crippen LogP contribution in [0.5, 0.6) is 0 Å². The van der Waals surface area contributed by atoms with E-state index in [-0.39, 0.29) is 0 Å². The monoisotopic (exact) mass is 284 g/mol. The van der Waals surface area contributed by atoms with Crippen molar-refractivity contribution in [3.8, 4) is 0 Å². The Morgan fingerprint density at radius 1 is 1.15 bits per heavy atom. The second kappa shape index (κ2) is 5.35. The number of para-hydroxylation sites is 1. The molecule has 0 spiro atoms. The SMILES string of the molecule is Nc1c(Cl)nc2ccccc2c1NCc1cccnc1. The van der Waals surface area contributed by atoms with Crippen molar-refractivity contribution in [3.63, 3.8) is 0 Å². The van der Waals surface area contributed by atoms with Gasteiger partial charge in [-0.3, -0.25) is 4.98 Å². The van der Waals surface area contributed by atoms with Gasteiger partial charge in [0.15, 0.2) is 5.15 Å². The topological polar surface area (TPSA) is 63.8 Å². The van der Waals surface area contributed by atoms with Gasteiger partial charge in [-0.25, -0.2) is 4.98 Å². The first-order chi connectivity index (χ1) is 9.75. The Kier molecular flexibility index (Phi) is 3.39. The zero-order chi connectivity index (χ0) is 13.9. The Bertz CT molecular complexity index is 743. The maximum atomic E-state index is 6.09. The van der Waals surface area contributed by atoms with Crippen LogP contribution in [-0.4, -0.2) is 9.97 Å². The molecule has 0 radical (unpaired) electrons. The van der Waals surface area contributed by atoms with Gasteiger partial charge >= 0.3 is 0 Å². The van der Waals surface area contributed by atoms with Gasteiger partial charge in [0.1, 0.15) is 0 Å². The molecule has 0 aliphatic rings. The predicted molar refractivity (Wildman–Crippen MR) is 82.7 cm³/mol. The van der Waals surface area contributed by atoms with Crippen LogP contribution in [0.1, 0.15) is 5.56 Å². The molecule has 0 saturated carbocycles. The molecule has 0 unspecified atom stereocenters. The quantitative estimate of drug-likeness (QED) is 0.723. The normalized spacial score (nSPS) is 10.7. The van der Waals surface area contributed by atoms with Crippen LogP contribution < -0.4 is 11.1 Å². The minimum absolute atomic E-state index is 0.317. The van der Waals surface area contributed by atoms with Crippen molar-refractivity contribution in [2.24, 2.45) is 0 Å². The van der Waals surface area contributed by atoms with E-state index in [4.69, 9.17) is 17.3 Å². The predicted octanol–water partition coefficient (Wildman–Crippen LogP) is 3.48. The molecule has 2 aromatic heterocycles. The highest BCUT2D eigenvalue weighted by atomic mass is 35.5. The summed E-state index contributed by atoms with van der Waals surface area (Å²) >= 11 is 6.09. The van der Waals surface area contributed by atoms with Gasteiger partial charge in [0.05, 0.1) is 16.9 Å². The first-order valence-electron chi connectivity index (χ1n) is 6.22. The summed E-state index contributed by atoms with van der Waals surface area (Å²) in [6, 6.07) is 11.7. The fourth-order valence-corrected chi connectivity index (χ4v) is 2.27. The number of nitrogens with two attached hydrogens (primary N) is 1. The zero-order valence-corrected chi connectivity index (χ0v) is 11.4. The molecule has 100 valence electrons. The summed E-state index contributed by atoms with van der Waals surface area (Å²) in [5, 5.41) is 4.60. The Balaban J connectivity index is 2.00. The van der Waals surface area contributed by atoms with Crippen molar-refractivity contribution in [1.29, 1.82) is 0 Å². The lowest BCUT2D eigenvalue weighted by Crippen LogP contribution is -2.05. The third-order valence-electron chi connectivity index (χ3n) is 3.08. The Hall–Kier alpha value is -2.33. The molecule has 0 atom stereocenters. The number of hydrogen-bond donors (Lipinski definition) is 2. The average Bonchev–Trinajstić information content (AvgIpc) is 2.49. The highest BCUT2D eigenvalue weighted by Crippen LogP contribution is 2.33. The number of hydrogen-bond acceptors (Lipinski definition) is 4. The maximum Gasteiger partial charge on any atom is 0.154 e. The van der Waals surface area contributed by atoms with Crippen molar-refractivity contribution < 1.29 is 0 Å². The Morgan fingerprint density at radius 3 is 2.80 bits per heavy atom. The van der Waals surface area contributed by atoms with E-state index in [0.29, 0.717) is 17.4 Å². The van der Waals surface area contributed by atoms with Gasteiger partial charge in [-0.1, -0.05) is 35.9 Å². The molecule has 20 heavy (non-hydrogen) atoms. The molecular formula is C15H13ClN4. The second-order valence-electron chi connectivity index (χ2n) is 4.42.